The molecule has 7 heteroatoms. The van der Waals surface area contributed by atoms with Gasteiger partial charge in [0.15, 0.2) is 11.5 Å². The number of piperidine rings is 1. The summed E-state index contributed by atoms with van der Waals surface area (Å²) in [4.78, 5) is 21.4. The molecular weight excluding hydrogens is 364 g/mol. The summed E-state index contributed by atoms with van der Waals surface area (Å²) in [6.07, 6.45) is 2.94. The molecule has 5 rings (SSSR count). The van der Waals surface area contributed by atoms with Crippen LogP contribution < -0.4 is 0 Å². The van der Waals surface area contributed by atoms with Crippen LogP contribution in [0.5, 0.6) is 0 Å². The van der Waals surface area contributed by atoms with Crippen molar-refractivity contribution < 1.29 is 18.3 Å². The van der Waals surface area contributed by atoms with Crippen molar-refractivity contribution in [2.24, 2.45) is 0 Å². The Labute approximate surface area is 160 Å². The van der Waals surface area contributed by atoms with Crippen molar-refractivity contribution in [2.75, 3.05) is 19.7 Å². The number of amides is 1. The molecule has 1 spiro atoms. The van der Waals surface area contributed by atoms with Crippen molar-refractivity contribution in [2.45, 2.75) is 24.9 Å². The zero-order valence-corrected chi connectivity index (χ0v) is 15.2. The number of hydrogen-bond donors (Lipinski definition) is 1. The van der Waals surface area contributed by atoms with E-state index in [9.17, 15) is 13.6 Å². The molecule has 0 radical (unpaired) electrons. The largest absolute Gasteiger partial charge is 0.368 e. The minimum atomic E-state index is -0.933. The number of aromatic amines is 1. The molecule has 0 saturated carbocycles. The van der Waals surface area contributed by atoms with Crippen LogP contribution in [-0.2, 0) is 16.8 Å². The number of carbonyl (C=O) groups excluding carboxylic acids is 1. The van der Waals surface area contributed by atoms with Crippen molar-refractivity contribution in [3.8, 4) is 0 Å². The highest BCUT2D eigenvalue weighted by Gasteiger charge is 2.43. The zero-order valence-electron chi connectivity index (χ0n) is 15.2. The number of para-hydroxylation sites is 1. The molecule has 1 aromatic carbocycles. The lowest BCUT2D eigenvalue weighted by Crippen LogP contribution is -2.48. The number of nitrogens with one attached hydrogen (secondary N) is 1. The van der Waals surface area contributed by atoms with Gasteiger partial charge >= 0.3 is 0 Å². The number of ether oxygens (including phenoxy) is 1. The first kappa shape index (κ1) is 17.3. The molecule has 2 aromatic heterocycles. The Morgan fingerprint density at radius 2 is 2.00 bits per heavy atom. The first-order valence-electron chi connectivity index (χ1n) is 9.42. The van der Waals surface area contributed by atoms with E-state index in [1.165, 1.54) is 10.9 Å². The monoisotopic (exact) mass is 383 g/mol. The summed E-state index contributed by atoms with van der Waals surface area (Å²) in [6, 6.07) is 8.90. The molecule has 0 bridgehead atoms. The molecule has 1 amide bonds. The van der Waals surface area contributed by atoms with Gasteiger partial charge in [-0.05, 0) is 30.9 Å². The second-order valence-corrected chi connectivity index (χ2v) is 7.39. The zero-order chi connectivity index (χ0) is 19.3. The Bertz CT molecular complexity index is 1070. The average molecular weight is 383 g/mol. The summed E-state index contributed by atoms with van der Waals surface area (Å²) >= 11 is 0. The average Bonchev–Trinajstić information content (AvgIpc) is 3.09. The van der Waals surface area contributed by atoms with E-state index in [0.717, 1.165) is 23.8 Å². The Morgan fingerprint density at radius 3 is 2.79 bits per heavy atom. The highest BCUT2D eigenvalue weighted by atomic mass is 19.1. The second kappa shape index (κ2) is 6.38. The number of fused-ring (bicyclic) bond motifs is 4. The highest BCUT2D eigenvalue weighted by molar-refractivity contribution is 5.92. The third-order valence-corrected chi connectivity index (χ3v) is 5.87. The molecule has 2 aliphatic rings. The molecule has 3 aromatic rings. The molecule has 4 heterocycles. The van der Waals surface area contributed by atoms with Crippen LogP contribution >= 0.6 is 0 Å². The maximum atomic E-state index is 13.9. The molecule has 0 unspecified atom stereocenters. The van der Waals surface area contributed by atoms with Crippen LogP contribution in [0.3, 0.4) is 0 Å². The van der Waals surface area contributed by atoms with Crippen LogP contribution in [0.4, 0.5) is 8.78 Å². The summed E-state index contributed by atoms with van der Waals surface area (Å²) in [7, 11) is 0. The van der Waals surface area contributed by atoms with Crippen LogP contribution in [0.2, 0.25) is 0 Å². The molecule has 5 nitrogen and oxygen atoms in total. The number of hydrogen-bond acceptors (Lipinski definition) is 3. The van der Waals surface area contributed by atoms with Gasteiger partial charge in [-0.2, -0.15) is 0 Å². The van der Waals surface area contributed by atoms with Gasteiger partial charge in [-0.1, -0.05) is 18.2 Å². The molecule has 0 aliphatic carbocycles. The van der Waals surface area contributed by atoms with Crippen molar-refractivity contribution in [1.82, 2.24) is 14.9 Å². The Balaban J connectivity index is 1.41. The van der Waals surface area contributed by atoms with E-state index in [0.29, 0.717) is 38.6 Å². The first-order chi connectivity index (χ1) is 13.6. The van der Waals surface area contributed by atoms with Gasteiger partial charge in [-0.3, -0.25) is 4.79 Å². The number of rotatable bonds is 1. The lowest BCUT2D eigenvalue weighted by molar-refractivity contribution is -0.0958. The Hall–Kier alpha value is -2.80. The molecular formula is C21H19F2N3O2. The quantitative estimate of drug-likeness (QED) is 0.699. The van der Waals surface area contributed by atoms with E-state index in [4.69, 9.17) is 4.74 Å². The van der Waals surface area contributed by atoms with Gasteiger partial charge in [0.2, 0.25) is 0 Å². The molecule has 1 N–H and O–H groups in total. The topological polar surface area (TPSA) is 58.2 Å². The Kier molecular flexibility index (Phi) is 3.94. The second-order valence-electron chi connectivity index (χ2n) is 7.39. The minimum absolute atomic E-state index is 0.340. The number of pyridine rings is 1. The van der Waals surface area contributed by atoms with Crippen molar-refractivity contribution in [3.05, 3.63) is 65.1 Å². The van der Waals surface area contributed by atoms with Crippen LogP contribution in [0.15, 0.2) is 36.5 Å². The fourth-order valence-corrected chi connectivity index (χ4v) is 4.46. The fraction of sp³-hybridized carbons (Fsp3) is 0.333. The van der Waals surface area contributed by atoms with Gasteiger partial charge in [0.05, 0.1) is 18.5 Å². The van der Waals surface area contributed by atoms with E-state index < -0.39 is 23.1 Å². The number of H-pyrrole nitrogens is 1. The third-order valence-electron chi connectivity index (χ3n) is 5.87. The van der Waals surface area contributed by atoms with Crippen molar-refractivity contribution in [1.29, 1.82) is 0 Å². The molecule has 1 fully saturated rings. The number of nitrogens with zero attached hydrogens (tertiary/aromatic N) is 2. The summed E-state index contributed by atoms with van der Waals surface area (Å²) in [5.41, 5.74) is 2.67. The van der Waals surface area contributed by atoms with E-state index >= 15 is 0 Å². The summed E-state index contributed by atoms with van der Waals surface area (Å²) in [5.74, 6) is -2.24. The predicted molar refractivity (Wildman–Crippen MR) is 98.9 cm³/mol. The van der Waals surface area contributed by atoms with Gasteiger partial charge in [0.25, 0.3) is 5.91 Å². The number of halogens is 2. The van der Waals surface area contributed by atoms with Crippen LogP contribution in [0.25, 0.3) is 10.9 Å². The number of likely N-dealkylation sites (tertiary alicyclic amines) is 1. The van der Waals surface area contributed by atoms with Gasteiger partial charge in [0.1, 0.15) is 11.4 Å². The van der Waals surface area contributed by atoms with Gasteiger partial charge in [-0.25, -0.2) is 13.8 Å². The molecule has 28 heavy (non-hydrogen) atoms. The molecule has 144 valence electrons. The Morgan fingerprint density at radius 1 is 1.21 bits per heavy atom. The SMILES string of the molecule is O=C(c1ncc(F)cc1F)N1CCC2(CC1)OCCc1c2[nH]c2ccccc12. The fourth-order valence-electron chi connectivity index (χ4n) is 4.46. The molecule has 2 aliphatic heterocycles. The highest BCUT2D eigenvalue weighted by Crippen LogP contribution is 2.43. The van der Waals surface area contributed by atoms with Crippen LogP contribution in [0, 0.1) is 11.6 Å². The summed E-state index contributed by atoms with van der Waals surface area (Å²) in [6.45, 7) is 1.48. The lowest BCUT2D eigenvalue weighted by atomic mass is 9.83. The summed E-state index contributed by atoms with van der Waals surface area (Å²) < 4.78 is 33.2. The predicted octanol–water partition coefficient (Wildman–Crippen LogP) is 3.55. The van der Waals surface area contributed by atoms with Crippen molar-refractivity contribution >= 4 is 16.8 Å². The smallest absolute Gasteiger partial charge is 0.275 e. The lowest BCUT2D eigenvalue weighted by Gasteiger charge is -2.43. The van der Waals surface area contributed by atoms with Gasteiger partial charge in [0, 0.05) is 30.1 Å². The van der Waals surface area contributed by atoms with E-state index in [-0.39, 0.29) is 5.69 Å². The maximum Gasteiger partial charge on any atom is 0.275 e. The number of carbonyl (C=O) groups is 1. The third kappa shape index (κ3) is 2.61. The van der Waals surface area contributed by atoms with Crippen molar-refractivity contribution in [3.63, 3.8) is 0 Å². The van der Waals surface area contributed by atoms with E-state index in [1.807, 2.05) is 12.1 Å². The minimum Gasteiger partial charge on any atom is -0.368 e. The molecule has 0 atom stereocenters. The standard InChI is InChI=1S/C21H19F2N3O2/c22-13-11-16(23)18(24-12-13)20(27)26-8-6-21(7-9-26)19-15(5-10-28-21)14-3-1-2-4-17(14)25-19/h1-4,11-12,25H,5-10H2. The van der Waals surface area contributed by atoms with Crippen LogP contribution in [-0.4, -0.2) is 40.5 Å². The normalized spacial score (nSPS) is 18.4. The number of benzene rings is 1. The molecule has 1 saturated heterocycles. The van der Waals surface area contributed by atoms with Gasteiger partial charge in [-0.15, -0.1) is 0 Å². The maximum absolute atomic E-state index is 13.9. The number of aromatic nitrogens is 2. The first-order valence-corrected chi connectivity index (χ1v) is 9.42. The van der Waals surface area contributed by atoms with E-state index in [1.54, 1.807) is 4.90 Å². The summed E-state index contributed by atoms with van der Waals surface area (Å²) in [5, 5.41) is 1.22. The van der Waals surface area contributed by atoms with Crippen LogP contribution in [0.1, 0.15) is 34.6 Å². The van der Waals surface area contributed by atoms with Gasteiger partial charge < -0.3 is 14.6 Å². The van der Waals surface area contributed by atoms with E-state index in [2.05, 4.69) is 22.1 Å².